The van der Waals surface area contributed by atoms with E-state index in [0.29, 0.717) is 31.7 Å². The lowest BCUT2D eigenvalue weighted by Gasteiger charge is -2.36. The van der Waals surface area contributed by atoms with Gasteiger partial charge in [0.25, 0.3) is 5.91 Å². The highest BCUT2D eigenvalue weighted by Gasteiger charge is 2.28. The summed E-state index contributed by atoms with van der Waals surface area (Å²) in [5.74, 6) is -0.116. The topological polar surface area (TPSA) is 73.8 Å². The summed E-state index contributed by atoms with van der Waals surface area (Å²) in [7, 11) is -3.55. The standard InChI is InChI=1S/C21H26N4O3S/c26-21(24-15-13-23(14-16-24)19-7-9-22-10-8-19)18-5-4-6-20(17-18)29(27,28)25-11-2-1-3-12-25/h4-10,17H,1-3,11-16H2. The monoisotopic (exact) mass is 414 g/mol. The number of amides is 1. The third-order valence-electron chi connectivity index (χ3n) is 5.63. The Hall–Kier alpha value is -2.45. The minimum atomic E-state index is -3.55. The molecule has 4 rings (SSSR count). The van der Waals surface area contributed by atoms with E-state index in [4.69, 9.17) is 0 Å². The molecule has 1 amide bonds. The molecule has 0 radical (unpaired) electrons. The lowest BCUT2D eigenvalue weighted by Crippen LogP contribution is -2.48. The fraction of sp³-hybridized carbons (Fsp3) is 0.429. The van der Waals surface area contributed by atoms with Crippen molar-refractivity contribution in [2.45, 2.75) is 24.2 Å². The number of aromatic nitrogens is 1. The van der Waals surface area contributed by atoms with E-state index in [9.17, 15) is 13.2 Å². The molecule has 2 aliphatic heterocycles. The summed E-state index contributed by atoms with van der Waals surface area (Å²) < 4.78 is 27.4. The molecule has 2 aromatic rings. The number of hydrogen-bond donors (Lipinski definition) is 0. The molecule has 1 aromatic carbocycles. The third-order valence-corrected chi connectivity index (χ3v) is 7.52. The average molecular weight is 415 g/mol. The zero-order chi connectivity index (χ0) is 20.3. The summed E-state index contributed by atoms with van der Waals surface area (Å²) in [5, 5.41) is 0. The van der Waals surface area contributed by atoms with Crippen LogP contribution in [0.25, 0.3) is 0 Å². The molecule has 2 fully saturated rings. The molecule has 154 valence electrons. The zero-order valence-electron chi connectivity index (χ0n) is 16.4. The maximum Gasteiger partial charge on any atom is 0.254 e. The lowest BCUT2D eigenvalue weighted by molar-refractivity contribution is 0.0746. The highest BCUT2D eigenvalue weighted by Crippen LogP contribution is 2.22. The van der Waals surface area contributed by atoms with Crippen LogP contribution in [-0.4, -0.2) is 67.8 Å². The van der Waals surface area contributed by atoms with Crippen molar-refractivity contribution in [3.63, 3.8) is 0 Å². The highest BCUT2D eigenvalue weighted by atomic mass is 32.2. The maximum absolute atomic E-state index is 13.0. The van der Waals surface area contributed by atoms with Crippen LogP contribution in [-0.2, 0) is 10.0 Å². The van der Waals surface area contributed by atoms with Gasteiger partial charge < -0.3 is 9.80 Å². The van der Waals surface area contributed by atoms with Crippen molar-refractivity contribution in [1.82, 2.24) is 14.2 Å². The van der Waals surface area contributed by atoms with Gasteiger partial charge >= 0.3 is 0 Å². The summed E-state index contributed by atoms with van der Waals surface area (Å²) in [6, 6.07) is 10.4. The van der Waals surface area contributed by atoms with Crippen molar-refractivity contribution >= 4 is 21.6 Å². The second-order valence-corrected chi connectivity index (χ2v) is 9.42. The number of anilines is 1. The summed E-state index contributed by atoms with van der Waals surface area (Å²) >= 11 is 0. The van der Waals surface area contributed by atoms with Crippen LogP contribution in [0.3, 0.4) is 0 Å². The van der Waals surface area contributed by atoms with Crippen LogP contribution >= 0.6 is 0 Å². The molecule has 7 nitrogen and oxygen atoms in total. The Morgan fingerprint density at radius 3 is 2.24 bits per heavy atom. The van der Waals surface area contributed by atoms with Crippen LogP contribution < -0.4 is 4.90 Å². The van der Waals surface area contributed by atoms with Crippen LogP contribution in [0.5, 0.6) is 0 Å². The molecule has 29 heavy (non-hydrogen) atoms. The molecule has 3 heterocycles. The van der Waals surface area contributed by atoms with E-state index in [-0.39, 0.29) is 10.8 Å². The van der Waals surface area contributed by atoms with Crippen LogP contribution in [0.4, 0.5) is 5.69 Å². The Morgan fingerprint density at radius 2 is 1.55 bits per heavy atom. The van der Waals surface area contributed by atoms with Gasteiger partial charge in [0, 0.05) is 62.9 Å². The molecular formula is C21H26N4O3S. The molecule has 8 heteroatoms. The van der Waals surface area contributed by atoms with Gasteiger partial charge in [-0.05, 0) is 43.2 Å². The van der Waals surface area contributed by atoms with Gasteiger partial charge in [-0.2, -0.15) is 4.31 Å². The van der Waals surface area contributed by atoms with Gasteiger partial charge in [0.15, 0.2) is 0 Å². The fourth-order valence-corrected chi connectivity index (χ4v) is 5.51. The van der Waals surface area contributed by atoms with Crippen molar-refractivity contribution in [1.29, 1.82) is 0 Å². The lowest BCUT2D eigenvalue weighted by atomic mass is 10.1. The molecule has 2 saturated heterocycles. The second kappa shape index (κ2) is 8.51. The number of carbonyl (C=O) groups excluding carboxylic acids is 1. The first-order valence-electron chi connectivity index (χ1n) is 10.1. The number of rotatable bonds is 4. The number of pyridine rings is 1. The summed E-state index contributed by atoms with van der Waals surface area (Å²) in [4.78, 5) is 21.3. The van der Waals surface area contributed by atoms with Gasteiger partial charge in [0.05, 0.1) is 4.90 Å². The first-order chi connectivity index (χ1) is 14.1. The van der Waals surface area contributed by atoms with Gasteiger partial charge in [0.1, 0.15) is 0 Å². The molecular weight excluding hydrogens is 388 g/mol. The van der Waals surface area contributed by atoms with Crippen molar-refractivity contribution < 1.29 is 13.2 Å². The predicted molar refractivity (Wildman–Crippen MR) is 111 cm³/mol. The van der Waals surface area contributed by atoms with Crippen molar-refractivity contribution in [2.75, 3.05) is 44.2 Å². The van der Waals surface area contributed by atoms with E-state index in [2.05, 4.69) is 9.88 Å². The quantitative estimate of drug-likeness (QED) is 0.767. The first-order valence-corrected chi connectivity index (χ1v) is 11.5. The number of piperidine rings is 1. The molecule has 0 atom stereocenters. The molecule has 0 bridgehead atoms. The predicted octanol–water partition coefficient (Wildman–Crippen LogP) is 2.22. The number of sulfonamides is 1. The van der Waals surface area contributed by atoms with Crippen LogP contribution in [0.15, 0.2) is 53.7 Å². The minimum Gasteiger partial charge on any atom is -0.368 e. The van der Waals surface area contributed by atoms with Gasteiger partial charge in [-0.25, -0.2) is 8.42 Å². The summed E-state index contributed by atoms with van der Waals surface area (Å²) in [6.45, 7) is 3.78. The molecule has 0 aliphatic carbocycles. The largest absolute Gasteiger partial charge is 0.368 e. The number of benzene rings is 1. The van der Waals surface area contributed by atoms with E-state index < -0.39 is 10.0 Å². The second-order valence-electron chi connectivity index (χ2n) is 7.48. The fourth-order valence-electron chi connectivity index (χ4n) is 3.95. The molecule has 0 unspecified atom stereocenters. The average Bonchev–Trinajstić information content (AvgIpc) is 2.80. The summed E-state index contributed by atoms with van der Waals surface area (Å²) in [5.41, 5.74) is 1.53. The van der Waals surface area contributed by atoms with Crippen LogP contribution in [0.2, 0.25) is 0 Å². The number of hydrogen-bond acceptors (Lipinski definition) is 5. The van der Waals surface area contributed by atoms with Crippen molar-refractivity contribution in [3.05, 3.63) is 54.4 Å². The molecule has 0 spiro atoms. The highest BCUT2D eigenvalue weighted by molar-refractivity contribution is 7.89. The maximum atomic E-state index is 13.0. The Balaban J connectivity index is 1.45. The Bertz CT molecular complexity index is 951. The van der Waals surface area contributed by atoms with E-state index in [1.807, 2.05) is 12.1 Å². The van der Waals surface area contributed by atoms with Crippen molar-refractivity contribution in [2.24, 2.45) is 0 Å². The summed E-state index contributed by atoms with van der Waals surface area (Å²) in [6.07, 6.45) is 6.37. The number of piperazine rings is 1. The molecule has 0 N–H and O–H groups in total. The number of carbonyl (C=O) groups is 1. The van der Waals surface area contributed by atoms with Gasteiger partial charge in [-0.15, -0.1) is 0 Å². The van der Waals surface area contributed by atoms with Gasteiger partial charge in [-0.3, -0.25) is 9.78 Å². The van der Waals surface area contributed by atoms with Crippen LogP contribution in [0.1, 0.15) is 29.6 Å². The third kappa shape index (κ3) is 4.28. The minimum absolute atomic E-state index is 0.116. The van der Waals surface area contributed by atoms with Crippen LogP contribution in [0, 0.1) is 0 Å². The normalized spacial score (nSPS) is 18.6. The van der Waals surface area contributed by atoms with E-state index in [1.165, 1.54) is 10.4 Å². The van der Waals surface area contributed by atoms with Gasteiger partial charge in [-0.1, -0.05) is 12.5 Å². The SMILES string of the molecule is O=C(c1cccc(S(=O)(=O)N2CCCCC2)c1)N1CCN(c2ccncc2)CC1. The Morgan fingerprint density at radius 1 is 0.862 bits per heavy atom. The Labute approximate surface area is 172 Å². The molecule has 0 saturated carbocycles. The molecule has 1 aromatic heterocycles. The van der Waals surface area contributed by atoms with E-state index >= 15 is 0 Å². The molecule has 2 aliphatic rings. The van der Waals surface area contributed by atoms with E-state index in [1.54, 1.807) is 35.5 Å². The zero-order valence-corrected chi connectivity index (χ0v) is 17.2. The number of nitrogens with zero attached hydrogens (tertiary/aromatic N) is 4. The smallest absolute Gasteiger partial charge is 0.254 e. The Kier molecular flexibility index (Phi) is 5.82. The van der Waals surface area contributed by atoms with Gasteiger partial charge in [0.2, 0.25) is 10.0 Å². The first kappa shape index (κ1) is 19.8. The van der Waals surface area contributed by atoms with Crippen molar-refractivity contribution in [3.8, 4) is 0 Å². The van der Waals surface area contributed by atoms with E-state index in [0.717, 1.165) is 38.0 Å².